The van der Waals surface area contributed by atoms with Crippen LogP contribution in [0, 0.1) is 27.7 Å². The molecule has 0 fully saturated rings. The van der Waals surface area contributed by atoms with E-state index in [9.17, 15) is 0 Å². The van der Waals surface area contributed by atoms with Gasteiger partial charge in [-0.15, -0.1) is 0 Å². The topological polar surface area (TPSA) is 6.48 Å². The van der Waals surface area contributed by atoms with Crippen LogP contribution in [0.3, 0.4) is 0 Å². The maximum absolute atomic E-state index is 2.35. The lowest BCUT2D eigenvalue weighted by atomic mass is 10.0. The number of hydrogen-bond acceptors (Lipinski definition) is 2. The Hall–Kier alpha value is -6.38. The van der Waals surface area contributed by atoms with Crippen LogP contribution in [0.1, 0.15) is 44.5 Å². The minimum Gasteiger partial charge on any atom is -0.310 e. The first-order valence-corrected chi connectivity index (χ1v) is 17.9. The van der Waals surface area contributed by atoms with Crippen LogP contribution in [0.25, 0.3) is 24.3 Å². The van der Waals surface area contributed by atoms with Gasteiger partial charge in [0.25, 0.3) is 0 Å². The average Bonchev–Trinajstić information content (AvgIpc) is 3.18. The third-order valence-electron chi connectivity index (χ3n) is 9.53. The van der Waals surface area contributed by atoms with Crippen LogP contribution in [0.2, 0.25) is 0 Å². The molecule has 52 heavy (non-hydrogen) atoms. The number of anilines is 6. The second kappa shape index (κ2) is 15.7. The van der Waals surface area contributed by atoms with Gasteiger partial charge in [-0.1, -0.05) is 146 Å². The van der Waals surface area contributed by atoms with Crippen molar-refractivity contribution in [2.45, 2.75) is 27.7 Å². The highest BCUT2D eigenvalue weighted by Crippen LogP contribution is 2.40. The van der Waals surface area contributed by atoms with Gasteiger partial charge in [0.1, 0.15) is 0 Å². The zero-order valence-corrected chi connectivity index (χ0v) is 30.4. The minimum absolute atomic E-state index is 1.14. The van der Waals surface area contributed by atoms with Gasteiger partial charge in [0, 0.05) is 22.7 Å². The Morgan fingerprint density at radius 1 is 0.269 bits per heavy atom. The van der Waals surface area contributed by atoms with E-state index in [1.165, 1.54) is 44.8 Å². The molecule has 0 aliphatic carbocycles. The number of para-hydroxylation sites is 4. The normalized spacial score (nSPS) is 11.3. The molecular weight excluding hydrogens is 629 g/mol. The van der Waals surface area contributed by atoms with Gasteiger partial charge in [-0.05, 0) is 121 Å². The first-order chi connectivity index (χ1) is 25.4. The fourth-order valence-corrected chi connectivity index (χ4v) is 6.86. The molecule has 7 rings (SSSR count). The first-order valence-electron chi connectivity index (χ1n) is 17.9. The molecule has 0 radical (unpaired) electrons. The fraction of sp³-hybridized carbons (Fsp3) is 0.0800. The number of nitrogens with zero attached hydrogens (tertiary/aromatic N) is 2. The molecule has 2 heteroatoms. The van der Waals surface area contributed by atoms with Gasteiger partial charge >= 0.3 is 0 Å². The monoisotopic (exact) mass is 672 g/mol. The molecule has 0 spiro atoms. The second-order valence-corrected chi connectivity index (χ2v) is 13.3. The maximum atomic E-state index is 2.35. The molecule has 0 bridgehead atoms. The van der Waals surface area contributed by atoms with Gasteiger partial charge in [-0.3, -0.25) is 0 Å². The Balaban J connectivity index is 1.04. The smallest absolute Gasteiger partial charge is 0.0519 e. The van der Waals surface area contributed by atoms with E-state index in [1.807, 2.05) is 0 Å². The van der Waals surface area contributed by atoms with Crippen molar-refractivity contribution >= 4 is 58.4 Å². The lowest BCUT2D eigenvalue weighted by molar-refractivity contribution is 1.22. The first kappa shape index (κ1) is 34.1. The summed E-state index contributed by atoms with van der Waals surface area (Å²) in [5.41, 5.74) is 16.7. The van der Waals surface area contributed by atoms with E-state index in [0.717, 1.165) is 33.9 Å². The Labute approximate surface area is 309 Å². The largest absolute Gasteiger partial charge is 0.310 e. The highest BCUT2D eigenvalue weighted by Gasteiger charge is 2.17. The summed E-state index contributed by atoms with van der Waals surface area (Å²) >= 11 is 0. The van der Waals surface area contributed by atoms with Crippen molar-refractivity contribution in [2.24, 2.45) is 0 Å². The summed E-state index contributed by atoms with van der Waals surface area (Å²) in [6.45, 7) is 8.73. The summed E-state index contributed by atoms with van der Waals surface area (Å²) in [6, 6.07) is 60.5. The summed E-state index contributed by atoms with van der Waals surface area (Å²) in [6.07, 6.45) is 8.71. The van der Waals surface area contributed by atoms with Crippen molar-refractivity contribution < 1.29 is 0 Å². The van der Waals surface area contributed by atoms with E-state index >= 15 is 0 Å². The molecule has 0 amide bonds. The minimum atomic E-state index is 1.14. The van der Waals surface area contributed by atoms with E-state index in [1.54, 1.807) is 0 Å². The van der Waals surface area contributed by atoms with Crippen LogP contribution in [0.15, 0.2) is 170 Å². The summed E-state index contributed by atoms with van der Waals surface area (Å²) in [4.78, 5) is 4.70. The van der Waals surface area contributed by atoms with E-state index in [2.05, 4.69) is 232 Å². The molecule has 254 valence electrons. The van der Waals surface area contributed by atoms with Crippen molar-refractivity contribution in [1.29, 1.82) is 0 Å². The summed E-state index contributed by atoms with van der Waals surface area (Å²) in [5.74, 6) is 0. The standard InChI is InChI=1S/C50H44N2/c1-37-13-11-14-38(2)49(37)51(45-17-7-5-8-18-45)47-33-29-43(30-34-47)27-25-41-21-23-42(24-22-41)26-28-44-31-35-48(36-32-44)52(46-19-9-6-10-20-46)50-39(3)15-12-16-40(50)4/h5-36H,1-4H3. The highest BCUT2D eigenvalue weighted by molar-refractivity contribution is 5.83. The molecule has 7 aromatic carbocycles. The molecule has 0 saturated carbocycles. The lowest BCUT2D eigenvalue weighted by Gasteiger charge is -2.28. The Morgan fingerprint density at radius 2 is 0.519 bits per heavy atom. The van der Waals surface area contributed by atoms with Gasteiger partial charge in [0.05, 0.1) is 11.4 Å². The van der Waals surface area contributed by atoms with Gasteiger partial charge in [-0.25, -0.2) is 0 Å². The van der Waals surface area contributed by atoms with Crippen LogP contribution in [-0.4, -0.2) is 0 Å². The summed E-state index contributed by atoms with van der Waals surface area (Å²) in [7, 11) is 0. The van der Waals surface area contributed by atoms with Gasteiger partial charge < -0.3 is 9.80 Å². The molecule has 7 aromatic rings. The van der Waals surface area contributed by atoms with Gasteiger partial charge in [0.15, 0.2) is 0 Å². The third-order valence-corrected chi connectivity index (χ3v) is 9.53. The Kier molecular flexibility index (Phi) is 10.3. The van der Waals surface area contributed by atoms with Gasteiger partial charge in [-0.2, -0.15) is 0 Å². The molecule has 0 aliphatic rings. The molecule has 0 N–H and O–H groups in total. The molecule has 0 aromatic heterocycles. The number of rotatable bonds is 10. The van der Waals surface area contributed by atoms with Crippen LogP contribution in [-0.2, 0) is 0 Å². The van der Waals surface area contributed by atoms with Crippen molar-refractivity contribution in [3.8, 4) is 0 Å². The predicted molar refractivity (Wildman–Crippen MR) is 225 cm³/mol. The zero-order valence-electron chi connectivity index (χ0n) is 30.4. The molecular formula is C50H44N2. The molecule has 0 saturated heterocycles. The van der Waals surface area contributed by atoms with Crippen LogP contribution in [0.4, 0.5) is 34.1 Å². The third kappa shape index (κ3) is 7.67. The summed E-state index contributed by atoms with van der Waals surface area (Å²) < 4.78 is 0. The Bertz CT molecular complexity index is 2090. The number of hydrogen-bond donors (Lipinski definition) is 0. The van der Waals surface area contributed by atoms with Crippen molar-refractivity contribution in [3.63, 3.8) is 0 Å². The van der Waals surface area contributed by atoms with Crippen LogP contribution < -0.4 is 9.80 Å². The fourth-order valence-electron chi connectivity index (χ4n) is 6.86. The van der Waals surface area contributed by atoms with Crippen LogP contribution in [0.5, 0.6) is 0 Å². The van der Waals surface area contributed by atoms with E-state index in [-0.39, 0.29) is 0 Å². The molecule has 0 heterocycles. The number of benzene rings is 7. The quantitative estimate of drug-likeness (QED) is 0.133. The Morgan fingerprint density at radius 3 is 0.808 bits per heavy atom. The molecule has 0 aliphatic heterocycles. The summed E-state index contributed by atoms with van der Waals surface area (Å²) in [5, 5.41) is 0. The van der Waals surface area contributed by atoms with Gasteiger partial charge in [0.2, 0.25) is 0 Å². The maximum Gasteiger partial charge on any atom is 0.0519 e. The van der Waals surface area contributed by atoms with E-state index in [0.29, 0.717) is 0 Å². The van der Waals surface area contributed by atoms with Crippen molar-refractivity contribution in [2.75, 3.05) is 9.80 Å². The average molecular weight is 673 g/mol. The lowest BCUT2D eigenvalue weighted by Crippen LogP contribution is -2.12. The molecule has 0 atom stereocenters. The molecule has 2 nitrogen and oxygen atoms in total. The number of aryl methyl sites for hydroxylation is 4. The van der Waals surface area contributed by atoms with Crippen molar-refractivity contribution in [3.05, 3.63) is 214 Å². The SMILES string of the molecule is Cc1cccc(C)c1N(c1ccccc1)c1ccc(C=Cc2ccc(C=Cc3ccc(N(c4ccccc4)c4c(C)cccc4C)cc3)cc2)cc1. The van der Waals surface area contributed by atoms with Crippen molar-refractivity contribution in [1.82, 2.24) is 0 Å². The van der Waals surface area contributed by atoms with E-state index < -0.39 is 0 Å². The highest BCUT2D eigenvalue weighted by atomic mass is 15.2. The molecule has 0 unspecified atom stereocenters. The van der Waals surface area contributed by atoms with Crippen LogP contribution >= 0.6 is 0 Å². The second-order valence-electron chi connectivity index (χ2n) is 13.3. The van der Waals surface area contributed by atoms with E-state index in [4.69, 9.17) is 0 Å². The predicted octanol–water partition coefficient (Wildman–Crippen LogP) is 14.2. The zero-order chi connectivity index (χ0) is 35.9.